The van der Waals surface area contributed by atoms with Gasteiger partial charge in [0.25, 0.3) is 0 Å². The Morgan fingerprint density at radius 2 is 1.04 bits per heavy atom. The van der Waals surface area contributed by atoms with Crippen molar-refractivity contribution in [2.45, 2.75) is 180 Å². The Morgan fingerprint density at radius 1 is 0.625 bits per heavy atom. The summed E-state index contributed by atoms with van der Waals surface area (Å²) in [5.74, 6) is -2.40. The van der Waals surface area contributed by atoms with E-state index < -0.39 is 51.1 Å². The van der Waals surface area contributed by atoms with Crippen molar-refractivity contribution < 1.29 is 47.5 Å². The molecule has 0 heterocycles. The smallest absolute Gasteiger partial charge is 0.472 e. The monoisotopic (exact) mass is 705 g/mol. The third kappa shape index (κ3) is 31.5. The number of hydrogen-bond donors (Lipinski definition) is 3. The summed E-state index contributed by atoms with van der Waals surface area (Å²) in [6.07, 6.45) is 28.7. The molecular formula is C36H68NO10P. The van der Waals surface area contributed by atoms with Crippen molar-refractivity contribution >= 4 is 25.7 Å². The van der Waals surface area contributed by atoms with Crippen LogP contribution in [-0.2, 0) is 37.5 Å². The lowest BCUT2D eigenvalue weighted by Gasteiger charge is -2.20. The van der Waals surface area contributed by atoms with Crippen molar-refractivity contribution in [1.82, 2.24) is 0 Å². The van der Waals surface area contributed by atoms with Gasteiger partial charge in [0.05, 0.1) is 13.2 Å². The largest absolute Gasteiger partial charge is 0.480 e. The maximum atomic E-state index is 12.5. The van der Waals surface area contributed by atoms with E-state index in [4.69, 9.17) is 24.8 Å². The van der Waals surface area contributed by atoms with Crippen molar-refractivity contribution in [1.29, 1.82) is 0 Å². The van der Waals surface area contributed by atoms with E-state index in [-0.39, 0.29) is 19.4 Å². The number of carboxylic acid groups (broad SMARTS) is 1. The molecule has 0 rings (SSSR count). The number of aliphatic carboxylic acids is 1. The molecule has 0 aromatic heterocycles. The summed E-state index contributed by atoms with van der Waals surface area (Å²) >= 11 is 0. The van der Waals surface area contributed by atoms with Gasteiger partial charge in [-0.05, 0) is 38.5 Å². The molecule has 11 nitrogen and oxygen atoms in total. The molecule has 3 atom stereocenters. The van der Waals surface area contributed by atoms with Gasteiger partial charge in [-0.25, -0.2) is 4.57 Å². The number of allylic oxidation sites excluding steroid dienone is 2. The van der Waals surface area contributed by atoms with Gasteiger partial charge in [0.1, 0.15) is 12.6 Å². The molecule has 0 aliphatic heterocycles. The lowest BCUT2D eigenvalue weighted by atomic mass is 10.1. The van der Waals surface area contributed by atoms with Crippen LogP contribution in [0.1, 0.15) is 168 Å². The number of ether oxygens (including phenoxy) is 2. The highest BCUT2D eigenvalue weighted by atomic mass is 31.2. The van der Waals surface area contributed by atoms with Gasteiger partial charge >= 0.3 is 25.7 Å². The van der Waals surface area contributed by atoms with Crippen LogP contribution < -0.4 is 5.73 Å². The first-order chi connectivity index (χ1) is 23.1. The van der Waals surface area contributed by atoms with Gasteiger partial charge in [-0.1, -0.05) is 129 Å². The van der Waals surface area contributed by atoms with Crippen molar-refractivity contribution in [3.63, 3.8) is 0 Å². The number of carbonyl (C=O) groups excluding carboxylic acids is 2. The Morgan fingerprint density at radius 3 is 1.56 bits per heavy atom. The number of nitrogens with two attached hydrogens (primary N) is 1. The molecular weight excluding hydrogens is 637 g/mol. The zero-order valence-electron chi connectivity index (χ0n) is 30.1. The van der Waals surface area contributed by atoms with Crippen LogP contribution in [-0.4, -0.2) is 59.9 Å². The Hall–Kier alpha value is -1.78. The summed E-state index contributed by atoms with van der Waals surface area (Å²) in [5, 5.41) is 8.84. The van der Waals surface area contributed by atoms with Gasteiger partial charge < -0.3 is 25.2 Å². The van der Waals surface area contributed by atoms with Crippen molar-refractivity contribution in [2.24, 2.45) is 5.73 Å². The first-order valence-electron chi connectivity index (χ1n) is 18.7. The number of rotatable bonds is 35. The van der Waals surface area contributed by atoms with Crippen molar-refractivity contribution in [3.8, 4) is 0 Å². The van der Waals surface area contributed by atoms with Gasteiger partial charge in [-0.3, -0.25) is 23.4 Å². The molecule has 0 aromatic carbocycles. The Bertz CT molecular complexity index is 885. The molecule has 0 saturated heterocycles. The second-order valence-electron chi connectivity index (χ2n) is 12.7. The van der Waals surface area contributed by atoms with Crippen LogP contribution in [0, 0.1) is 0 Å². The number of phosphoric acid groups is 1. The second kappa shape index (κ2) is 32.4. The zero-order valence-corrected chi connectivity index (χ0v) is 31.0. The van der Waals surface area contributed by atoms with Crippen LogP contribution in [0.3, 0.4) is 0 Å². The van der Waals surface area contributed by atoms with E-state index in [1.54, 1.807) is 0 Å². The van der Waals surface area contributed by atoms with Gasteiger partial charge in [0, 0.05) is 12.8 Å². The standard InChI is InChI=1S/C36H68NO10P/c1-3-5-7-9-11-13-14-15-16-17-18-20-21-23-25-27-34(38)44-29-32(30-45-48(42,43)46-31-33(37)36(40)41)47-35(39)28-26-24-22-19-12-10-8-6-4-2/h18,20,32-33H,3-17,19,21-31,37H2,1-2H3,(H,40,41)(H,42,43)/b20-18+/t32-,33+/m0/s1. The molecule has 0 aliphatic carbocycles. The topological polar surface area (TPSA) is 172 Å². The summed E-state index contributed by atoms with van der Waals surface area (Å²) in [6.45, 7) is 2.74. The first-order valence-corrected chi connectivity index (χ1v) is 20.2. The number of unbranched alkanes of at least 4 members (excludes halogenated alkanes) is 19. The van der Waals surface area contributed by atoms with Crippen LogP contribution in [0.4, 0.5) is 0 Å². The average molecular weight is 706 g/mol. The molecule has 0 saturated carbocycles. The number of carbonyl (C=O) groups is 3. The van der Waals surface area contributed by atoms with Crippen molar-refractivity contribution in [2.75, 3.05) is 19.8 Å². The fraction of sp³-hybridized carbons (Fsp3) is 0.861. The molecule has 12 heteroatoms. The Labute approximate surface area is 290 Å². The Balaban J connectivity index is 4.42. The summed E-state index contributed by atoms with van der Waals surface area (Å²) in [4.78, 5) is 45.6. The van der Waals surface area contributed by atoms with Gasteiger partial charge in [0.15, 0.2) is 6.10 Å². The van der Waals surface area contributed by atoms with E-state index in [0.29, 0.717) is 12.8 Å². The number of carboxylic acids is 1. The van der Waals surface area contributed by atoms with Gasteiger partial charge in [0.2, 0.25) is 0 Å². The van der Waals surface area contributed by atoms with E-state index >= 15 is 0 Å². The third-order valence-corrected chi connectivity index (χ3v) is 8.96. The Kier molecular flexibility index (Phi) is 31.2. The number of esters is 2. The van der Waals surface area contributed by atoms with E-state index in [1.807, 2.05) is 0 Å². The minimum atomic E-state index is -4.70. The van der Waals surface area contributed by atoms with E-state index in [0.717, 1.165) is 38.5 Å². The highest BCUT2D eigenvalue weighted by molar-refractivity contribution is 7.47. The summed E-state index contributed by atoms with van der Waals surface area (Å²) < 4.78 is 32.4. The van der Waals surface area contributed by atoms with Crippen LogP contribution in [0.5, 0.6) is 0 Å². The number of hydrogen-bond acceptors (Lipinski definition) is 9. The molecule has 0 aliphatic rings. The summed E-state index contributed by atoms with van der Waals surface area (Å²) in [6, 6.07) is -1.52. The van der Waals surface area contributed by atoms with Crippen LogP contribution >= 0.6 is 7.82 Å². The quantitative estimate of drug-likeness (QED) is 0.0249. The molecule has 282 valence electrons. The van der Waals surface area contributed by atoms with E-state index in [1.165, 1.54) is 89.9 Å². The van der Waals surface area contributed by atoms with Crippen LogP contribution in [0.2, 0.25) is 0 Å². The molecule has 4 N–H and O–H groups in total. The maximum absolute atomic E-state index is 12.5. The molecule has 0 spiro atoms. The van der Waals surface area contributed by atoms with Crippen LogP contribution in [0.25, 0.3) is 0 Å². The second-order valence-corrected chi connectivity index (χ2v) is 14.2. The molecule has 0 bridgehead atoms. The van der Waals surface area contributed by atoms with Crippen molar-refractivity contribution in [3.05, 3.63) is 12.2 Å². The molecule has 48 heavy (non-hydrogen) atoms. The third-order valence-electron chi connectivity index (χ3n) is 8.01. The summed E-state index contributed by atoms with van der Waals surface area (Å²) in [5.41, 5.74) is 5.30. The normalized spacial score (nSPS) is 14.1. The zero-order chi connectivity index (χ0) is 35.7. The molecule has 0 aromatic rings. The molecule has 0 radical (unpaired) electrons. The maximum Gasteiger partial charge on any atom is 0.472 e. The predicted molar refractivity (Wildman–Crippen MR) is 189 cm³/mol. The SMILES string of the molecule is CCCCCCCCCCC/C=C/CCCCC(=O)OC[C@@H](COP(=O)(O)OC[C@@H](N)C(=O)O)OC(=O)CCCCCCCCCCC. The first kappa shape index (κ1) is 46.2. The summed E-state index contributed by atoms with van der Waals surface area (Å²) in [7, 11) is -4.70. The lowest BCUT2D eigenvalue weighted by molar-refractivity contribution is -0.161. The predicted octanol–water partition coefficient (Wildman–Crippen LogP) is 8.95. The molecule has 0 amide bonds. The van der Waals surface area contributed by atoms with E-state index in [9.17, 15) is 23.8 Å². The van der Waals surface area contributed by atoms with Gasteiger partial charge in [-0.15, -0.1) is 0 Å². The lowest BCUT2D eigenvalue weighted by Crippen LogP contribution is -2.34. The molecule has 0 fully saturated rings. The fourth-order valence-corrected chi connectivity index (χ4v) is 5.78. The highest BCUT2D eigenvalue weighted by Crippen LogP contribution is 2.43. The highest BCUT2D eigenvalue weighted by Gasteiger charge is 2.28. The minimum Gasteiger partial charge on any atom is -0.480 e. The van der Waals surface area contributed by atoms with Crippen LogP contribution in [0.15, 0.2) is 12.2 Å². The minimum absolute atomic E-state index is 0.160. The molecule has 1 unspecified atom stereocenters. The number of phosphoric ester groups is 1. The van der Waals surface area contributed by atoms with E-state index in [2.05, 4.69) is 30.5 Å². The fourth-order valence-electron chi connectivity index (χ4n) is 5.00. The van der Waals surface area contributed by atoms with Gasteiger partial charge in [-0.2, -0.15) is 0 Å². The average Bonchev–Trinajstić information content (AvgIpc) is 3.05.